The summed E-state index contributed by atoms with van der Waals surface area (Å²) in [6, 6.07) is 3.65. The van der Waals surface area contributed by atoms with Gasteiger partial charge in [-0.25, -0.2) is 4.79 Å². The van der Waals surface area contributed by atoms with Crippen LogP contribution in [-0.2, 0) is 30.3 Å². The predicted octanol–water partition coefficient (Wildman–Crippen LogP) is 5.83. The average molecular weight is 566 g/mol. The molecule has 10 nitrogen and oxygen atoms in total. The van der Waals surface area contributed by atoms with Gasteiger partial charge in [0.05, 0.1) is 6.61 Å². The molecule has 0 fully saturated rings. The number of aliphatic carboxylic acids is 1. The molecule has 0 bridgehead atoms. The topological polar surface area (TPSA) is 137 Å². The third-order valence-electron chi connectivity index (χ3n) is 6.03. The van der Waals surface area contributed by atoms with E-state index >= 15 is 0 Å². The standard InChI is InChI=1S/C30H47NO9/c1-6-8-10-12-27(32)39-25-15-14-23(19-26(25)40-28(33)13-11-9-7-2)18-24(29(34)35)31-20-22(5)38-30(36)37-17-16-21(3)4/h14-15,19,21-22,24,31H,6-13,16-18,20H2,1-5H3,(H,34,35)/t22?,24-/m0/s1. The Bertz CT molecular complexity index is 932. The van der Waals surface area contributed by atoms with Crippen LogP contribution in [0, 0.1) is 5.92 Å². The molecule has 2 N–H and O–H groups in total. The minimum Gasteiger partial charge on any atom is -0.480 e. The number of unbranched alkanes of at least 4 members (excludes halogenated alkanes) is 4. The van der Waals surface area contributed by atoms with Crippen LogP contribution in [0.5, 0.6) is 11.5 Å². The Kier molecular flexibility index (Phi) is 17.3. The Balaban J connectivity index is 2.88. The molecule has 0 radical (unpaired) electrons. The molecule has 0 spiro atoms. The van der Waals surface area contributed by atoms with Crippen molar-refractivity contribution < 1.29 is 43.2 Å². The molecule has 0 aliphatic rings. The van der Waals surface area contributed by atoms with Gasteiger partial charge in [0.1, 0.15) is 12.1 Å². The number of carbonyl (C=O) groups is 4. The van der Waals surface area contributed by atoms with E-state index in [1.54, 1.807) is 13.0 Å². The molecule has 2 atom stereocenters. The molecular formula is C30H47NO9. The second kappa shape index (κ2) is 19.8. The number of carboxylic acids is 1. The number of carbonyl (C=O) groups excluding carboxylic acids is 3. The first-order valence-electron chi connectivity index (χ1n) is 14.4. The van der Waals surface area contributed by atoms with Crippen molar-refractivity contribution in [3.63, 3.8) is 0 Å². The number of benzene rings is 1. The Hall–Kier alpha value is -3.14. The summed E-state index contributed by atoms with van der Waals surface area (Å²) in [6.45, 7) is 10.1. The first-order chi connectivity index (χ1) is 19.0. The van der Waals surface area contributed by atoms with Crippen LogP contribution in [0.1, 0.15) is 98.0 Å². The third kappa shape index (κ3) is 15.5. The van der Waals surface area contributed by atoms with Gasteiger partial charge in [-0.1, -0.05) is 59.4 Å². The van der Waals surface area contributed by atoms with E-state index in [0.717, 1.165) is 32.1 Å². The number of hydrogen-bond acceptors (Lipinski definition) is 9. The highest BCUT2D eigenvalue weighted by molar-refractivity contribution is 5.77. The molecule has 0 heterocycles. The van der Waals surface area contributed by atoms with Gasteiger partial charge in [-0.2, -0.15) is 0 Å². The van der Waals surface area contributed by atoms with Crippen molar-refractivity contribution in [1.29, 1.82) is 0 Å². The highest BCUT2D eigenvalue weighted by Gasteiger charge is 2.22. The Morgan fingerprint density at radius 1 is 0.875 bits per heavy atom. The van der Waals surface area contributed by atoms with Gasteiger partial charge in [-0.3, -0.25) is 14.4 Å². The fourth-order valence-corrected chi connectivity index (χ4v) is 3.64. The van der Waals surface area contributed by atoms with Crippen LogP contribution in [0.25, 0.3) is 0 Å². The largest absolute Gasteiger partial charge is 0.508 e. The van der Waals surface area contributed by atoms with Crippen molar-refractivity contribution in [3.05, 3.63) is 23.8 Å². The zero-order chi connectivity index (χ0) is 29.9. The number of ether oxygens (including phenoxy) is 4. The molecule has 0 amide bonds. The maximum absolute atomic E-state index is 12.4. The summed E-state index contributed by atoms with van der Waals surface area (Å²) < 4.78 is 21.2. The monoisotopic (exact) mass is 565 g/mol. The summed E-state index contributed by atoms with van der Waals surface area (Å²) in [5.41, 5.74) is 0.559. The van der Waals surface area contributed by atoms with Crippen LogP contribution in [0.3, 0.4) is 0 Å². The number of nitrogens with one attached hydrogen (secondary N) is 1. The quantitative estimate of drug-likeness (QED) is 0.113. The zero-order valence-corrected chi connectivity index (χ0v) is 24.7. The summed E-state index contributed by atoms with van der Waals surface area (Å²) in [5, 5.41) is 12.7. The van der Waals surface area contributed by atoms with Gasteiger partial charge in [0.15, 0.2) is 11.5 Å². The van der Waals surface area contributed by atoms with E-state index in [4.69, 9.17) is 18.9 Å². The average Bonchev–Trinajstić information content (AvgIpc) is 2.87. The molecule has 1 aromatic rings. The van der Waals surface area contributed by atoms with E-state index in [1.807, 2.05) is 27.7 Å². The van der Waals surface area contributed by atoms with Crippen LogP contribution in [0.4, 0.5) is 4.79 Å². The number of hydrogen-bond donors (Lipinski definition) is 2. The van der Waals surface area contributed by atoms with E-state index in [9.17, 15) is 24.3 Å². The third-order valence-corrected chi connectivity index (χ3v) is 6.03. The second-order valence-electron chi connectivity index (χ2n) is 10.4. The first kappa shape index (κ1) is 34.9. The van der Waals surface area contributed by atoms with Gasteiger partial charge in [0.2, 0.25) is 0 Å². The lowest BCUT2D eigenvalue weighted by molar-refractivity contribution is -0.139. The molecule has 1 aromatic carbocycles. The van der Waals surface area contributed by atoms with E-state index in [0.29, 0.717) is 24.3 Å². The summed E-state index contributed by atoms with van der Waals surface area (Å²) in [4.78, 5) is 48.5. The first-order valence-corrected chi connectivity index (χ1v) is 14.4. The van der Waals surface area contributed by atoms with E-state index in [2.05, 4.69) is 5.32 Å². The minimum absolute atomic E-state index is 0.0476. The number of rotatable bonds is 20. The predicted molar refractivity (Wildman–Crippen MR) is 150 cm³/mol. The Morgan fingerprint density at radius 3 is 2.02 bits per heavy atom. The van der Waals surface area contributed by atoms with E-state index in [1.165, 1.54) is 12.1 Å². The van der Waals surface area contributed by atoms with Gasteiger partial charge in [-0.05, 0) is 56.2 Å². The van der Waals surface area contributed by atoms with Gasteiger partial charge in [0.25, 0.3) is 0 Å². The summed E-state index contributed by atoms with van der Waals surface area (Å²) in [5.74, 6) is -1.39. The highest BCUT2D eigenvalue weighted by atomic mass is 16.7. The van der Waals surface area contributed by atoms with Crippen molar-refractivity contribution >= 4 is 24.1 Å². The van der Waals surface area contributed by atoms with Gasteiger partial charge in [-0.15, -0.1) is 0 Å². The smallest absolute Gasteiger partial charge is 0.480 e. The van der Waals surface area contributed by atoms with Gasteiger partial charge < -0.3 is 29.4 Å². The zero-order valence-electron chi connectivity index (χ0n) is 24.7. The fourth-order valence-electron chi connectivity index (χ4n) is 3.64. The van der Waals surface area contributed by atoms with Crippen molar-refractivity contribution in [2.45, 2.75) is 111 Å². The van der Waals surface area contributed by atoms with E-state index in [-0.39, 0.29) is 43.9 Å². The van der Waals surface area contributed by atoms with Gasteiger partial charge >= 0.3 is 24.1 Å². The second-order valence-corrected chi connectivity index (χ2v) is 10.4. The minimum atomic E-state index is -1.10. The molecule has 0 aliphatic heterocycles. The van der Waals surface area contributed by atoms with Crippen molar-refractivity contribution in [1.82, 2.24) is 5.32 Å². The Labute approximate surface area is 238 Å². The molecule has 0 saturated carbocycles. The molecule has 10 heteroatoms. The lowest BCUT2D eigenvalue weighted by atomic mass is 10.0. The molecule has 226 valence electrons. The van der Waals surface area contributed by atoms with E-state index < -0.39 is 36.2 Å². The summed E-state index contributed by atoms with van der Waals surface area (Å²) in [7, 11) is 0. The fraction of sp³-hybridized carbons (Fsp3) is 0.667. The number of esters is 2. The van der Waals surface area contributed by atoms with Crippen LogP contribution in [-0.4, -0.2) is 54.5 Å². The molecule has 0 aromatic heterocycles. The molecule has 40 heavy (non-hydrogen) atoms. The lowest BCUT2D eigenvalue weighted by Crippen LogP contribution is -2.42. The van der Waals surface area contributed by atoms with Crippen molar-refractivity contribution in [3.8, 4) is 11.5 Å². The molecule has 1 unspecified atom stereocenters. The maximum Gasteiger partial charge on any atom is 0.508 e. The molecule has 1 rings (SSSR count). The summed E-state index contributed by atoms with van der Waals surface area (Å²) >= 11 is 0. The van der Waals surface area contributed by atoms with Gasteiger partial charge in [0, 0.05) is 19.4 Å². The SMILES string of the molecule is CCCCCC(=O)Oc1ccc(C[C@H](NCC(C)OC(=O)OCCC(C)C)C(=O)O)cc1OC(=O)CCCCC. The number of carboxylic acid groups (broad SMARTS) is 1. The molecule has 0 aliphatic carbocycles. The molecular weight excluding hydrogens is 518 g/mol. The molecule has 0 saturated heterocycles. The Morgan fingerprint density at radius 2 is 1.48 bits per heavy atom. The van der Waals surface area contributed by atoms with Crippen LogP contribution >= 0.6 is 0 Å². The van der Waals surface area contributed by atoms with Crippen LogP contribution < -0.4 is 14.8 Å². The highest BCUT2D eigenvalue weighted by Crippen LogP contribution is 2.30. The maximum atomic E-state index is 12.4. The van der Waals surface area contributed by atoms with Crippen LogP contribution in [0.2, 0.25) is 0 Å². The van der Waals surface area contributed by atoms with Crippen LogP contribution in [0.15, 0.2) is 18.2 Å². The van der Waals surface area contributed by atoms with Crippen molar-refractivity contribution in [2.24, 2.45) is 5.92 Å². The van der Waals surface area contributed by atoms with Crippen molar-refractivity contribution in [2.75, 3.05) is 13.2 Å². The normalized spacial score (nSPS) is 12.4. The lowest BCUT2D eigenvalue weighted by Gasteiger charge is -2.19. The summed E-state index contributed by atoms with van der Waals surface area (Å²) in [6.07, 6.45) is 4.90.